The largest absolute Gasteiger partial charge is 0.472 e. The summed E-state index contributed by atoms with van der Waals surface area (Å²) in [5.74, 6) is -1.22. The highest BCUT2D eigenvalue weighted by atomic mass is 31.2. The number of aliphatic hydroxyl groups is 1. The van der Waals surface area contributed by atoms with Crippen molar-refractivity contribution in [2.24, 2.45) is 5.92 Å². The molecule has 0 saturated carbocycles. The zero-order chi connectivity index (χ0) is 81.8. The minimum Gasteiger partial charge on any atom is -0.462 e. The summed E-state index contributed by atoms with van der Waals surface area (Å²) < 4.78 is 69.1. The lowest BCUT2D eigenvalue weighted by atomic mass is 9.99. The molecular formula is C93H182O17P2. The predicted octanol–water partition coefficient (Wildman–Crippen LogP) is 29.1. The van der Waals surface area contributed by atoms with Crippen molar-refractivity contribution in [3.63, 3.8) is 0 Å². The molecule has 6 atom stereocenters. The Morgan fingerprint density at radius 1 is 0.250 bits per heavy atom. The summed E-state index contributed by atoms with van der Waals surface area (Å²) in [4.78, 5) is 73.5. The molecule has 0 heterocycles. The maximum absolute atomic E-state index is 13.2. The summed E-state index contributed by atoms with van der Waals surface area (Å²) in [6.07, 6.45) is 81.9. The Kier molecular flexibility index (Phi) is 84.0. The van der Waals surface area contributed by atoms with E-state index < -0.39 is 97.5 Å². The van der Waals surface area contributed by atoms with Crippen molar-refractivity contribution in [2.45, 2.75) is 528 Å². The van der Waals surface area contributed by atoms with Crippen LogP contribution in [0.15, 0.2) is 0 Å². The molecule has 0 spiro atoms. The zero-order valence-corrected chi connectivity index (χ0v) is 75.6. The first-order valence-corrected chi connectivity index (χ1v) is 51.2. The normalized spacial score (nSPS) is 13.9. The van der Waals surface area contributed by atoms with Crippen LogP contribution in [0.4, 0.5) is 0 Å². The quantitative estimate of drug-likeness (QED) is 0.0222. The maximum atomic E-state index is 13.2. The first-order chi connectivity index (χ1) is 54.6. The van der Waals surface area contributed by atoms with Gasteiger partial charge in [-0.25, -0.2) is 9.13 Å². The highest BCUT2D eigenvalue weighted by molar-refractivity contribution is 7.47. The van der Waals surface area contributed by atoms with E-state index in [2.05, 4.69) is 34.6 Å². The first kappa shape index (κ1) is 110. The van der Waals surface area contributed by atoms with Gasteiger partial charge >= 0.3 is 39.5 Å². The molecule has 666 valence electrons. The number of ether oxygens (including phenoxy) is 4. The third-order valence-corrected chi connectivity index (χ3v) is 24.3. The second-order valence-corrected chi connectivity index (χ2v) is 36.6. The number of phosphoric ester groups is 2. The predicted molar refractivity (Wildman–Crippen MR) is 465 cm³/mol. The molecule has 0 aromatic carbocycles. The molecule has 19 heteroatoms. The van der Waals surface area contributed by atoms with Crippen molar-refractivity contribution in [3.05, 3.63) is 0 Å². The molecule has 0 aliphatic heterocycles. The van der Waals surface area contributed by atoms with Crippen molar-refractivity contribution in [1.82, 2.24) is 0 Å². The molecule has 17 nitrogen and oxygen atoms in total. The van der Waals surface area contributed by atoms with E-state index in [1.54, 1.807) is 0 Å². The Labute approximate surface area is 689 Å². The molecule has 0 aliphatic carbocycles. The Morgan fingerprint density at radius 3 is 0.634 bits per heavy atom. The van der Waals surface area contributed by atoms with Crippen LogP contribution in [-0.4, -0.2) is 96.7 Å². The first-order valence-electron chi connectivity index (χ1n) is 48.2. The molecular weight excluding hydrogens is 1450 g/mol. The standard InChI is InChI=1S/C93H182O17P2/c1-6-10-13-16-19-22-25-28-30-32-34-35-40-43-47-52-57-62-67-72-77-91(96)104-83-89(110-93(98)79-74-69-64-59-54-49-45-41-37-36-38-42-46-50-55-60-65-70-75-86(5)9-4)85-108-112(101,102)106-81-87(94)80-105-111(99,100)107-84-88(82-103-90(95)76-71-66-61-56-51-27-24-21-18-15-12-8-3)109-92(97)78-73-68-63-58-53-48-44-39-33-31-29-26-23-20-17-14-11-7-2/h86-89,94H,6-85H2,1-5H3,(H,99,100)(H,101,102)/t86?,87-,88+,89+/m0/s1. The van der Waals surface area contributed by atoms with Gasteiger partial charge in [0.05, 0.1) is 26.4 Å². The Morgan fingerprint density at radius 2 is 0.429 bits per heavy atom. The lowest BCUT2D eigenvalue weighted by molar-refractivity contribution is -0.161. The minimum absolute atomic E-state index is 0.110. The van der Waals surface area contributed by atoms with E-state index >= 15 is 0 Å². The number of carbonyl (C=O) groups is 4. The van der Waals surface area contributed by atoms with Crippen molar-refractivity contribution < 1.29 is 80.2 Å². The molecule has 112 heavy (non-hydrogen) atoms. The molecule has 0 saturated heterocycles. The van der Waals surface area contributed by atoms with Crippen LogP contribution >= 0.6 is 15.6 Å². The van der Waals surface area contributed by atoms with E-state index in [1.807, 2.05) is 0 Å². The molecule has 0 aliphatic rings. The number of unbranched alkanes of at least 4 members (excludes halogenated alkanes) is 64. The number of phosphoric acid groups is 2. The van der Waals surface area contributed by atoms with E-state index in [0.717, 1.165) is 95.8 Å². The number of hydrogen-bond donors (Lipinski definition) is 3. The van der Waals surface area contributed by atoms with Gasteiger partial charge in [0, 0.05) is 25.7 Å². The van der Waals surface area contributed by atoms with Crippen molar-refractivity contribution in [2.75, 3.05) is 39.6 Å². The van der Waals surface area contributed by atoms with Crippen molar-refractivity contribution in [1.29, 1.82) is 0 Å². The lowest BCUT2D eigenvalue weighted by Crippen LogP contribution is -2.30. The van der Waals surface area contributed by atoms with Crippen LogP contribution in [0.25, 0.3) is 0 Å². The van der Waals surface area contributed by atoms with Gasteiger partial charge in [0.2, 0.25) is 0 Å². The van der Waals surface area contributed by atoms with Crippen molar-refractivity contribution >= 4 is 39.5 Å². The average molecular weight is 1630 g/mol. The van der Waals surface area contributed by atoms with Gasteiger partial charge in [0.25, 0.3) is 0 Å². The second kappa shape index (κ2) is 85.5. The minimum atomic E-state index is -4.97. The topological polar surface area (TPSA) is 237 Å². The van der Waals surface area contributed by atoms with Gasteiger partial charge in [-0.05, 0) is 31.6 Å². The molecule has 0 fully saturated rings. The Balaban J connectivity index is 5.24. The SMILES string of the molecule is CCCCCCCCCCCCCCCCCCCCCCC(=O)OC[C@H](COP(=O)(O)OC[C@@H](O)COP(=O)(O)OC[C@@H](COC(=O)CCCCCCCCCCCCCC)OC(=O)CCCCCCCCCCCCCCCCCCCC)OC(=O)CCCCCCCCCCCCCCCCCCCCC(C)CC. The maximum Gasteiger partial charge on any atom is 0.472 e. The summed E-state index contributed by atoms with van der Waals surface area (Å²) in [5.41, 5.74) is 0. The summed E-state index contributed by atoms with van der Waals surface area (Å²) in [7, 11) is -9.94. The number of aliphatic hydroxyl groups excluding tert-OH is 1. The second-order valence-electron chi connectivity index (χ2n) is 33.6. The van der Waals surface area contributed by atoms with Crippen LogP contribution in [0.5, 0.6) is 0 Å². The summed E-state index contributed by atoms with van der Waals surface area (Å²) >= 11 is 0. The zero-order valence-electron chi connectivity index (χ0n) is 73.8. The fourth-order valence-electron chi connectivity index (χ4n) is 14.7. The Bertz CT molecular complexity index is 2120. The molecule has 0 radical (unpaired) electrons. The average Bonchev–Trinajstić information content (AvgIpc) is 0.899. The van der Waals surface area contributed by atoms with Gasteiger partial charge in [0.15, 0.2) is 12.2 Å². The third-order valence-electron chi connectivity index (χ3n) is 22.4. The van der Waals surface area contributed by atoms with E-state index in [4.69, 9.17) is 37.0 Å². The lowest BCUT2D eigenvalue weighted by Gasteiger charge is -2.21. The van der Waals surface area contributed by atoms with Gasteiger partial charge in [0.1, 0.15) is 19.3 Å². The van der Waals surface area contributed by atoms with Gasteiger partial charge < -0.3 is 33.8 Å². The molecule has 0 aromatic rings. The third kappa shape index (κ3) is 84.5. The van der Waals surface area contributed by atoms with Crippen LogP contribution in [0.1, 0.15) is 510 Å². The summed E-state index contributed by atoms with van der Waals surface area (Å²) in [5, 5.41) is 10.7. The van der Waals surface area contributed by atoms with Gasteiger partial charge in [-0.2, -0.15) is 0 Å². The van der Waals surface area contributed by atoms with Gasteiger partial charge in [-0.15, -0.1) is 0 Å². The van der Waals surface area contributed by atoms with E-state index in [-0.39, 0.29) is 25.7 Å². The fraction of sp³-hybridized carbons (Fsp3) is 0.957. The van der Waals surface area contributed by atoms with Gasteiger partial charge in [-0.3, -0.25) is 37.3 Å². The number of carbonyl (C=O) groups excluding carboxylic acids is 4. The monoisotopic (exact) mass is 1630 g/mol. The van der Waals surface area contributed by atoms with Crippen LogP contribution in [0, 0.1) is 5.92 Å². The summed E-state index contributed by atoms with van der Waals surface area (Å²) in [6, 6.07) is 0. The Hall–Kier alpha value is -1.94. The van der Waals surface area contributed by atoms with Crippen LogP contribution < -0.4 is 0 Å². The number of hydrogen-bond acceptors (Lipinski definition) is 15. The highest BCUT2D eigenvalue weighted by Gasteiger charge is 2.31. The van der Waals surface area contributed by atoms with Crippen molar-refractivity contribution in [3.8, 4) is 0 Å². The molecule has 0 aromatic heterocycles. The molecule has 0 bridgehead atoms. The highest BCUT2D eigenvalue weighted by Crippen LogP contribution is 2.45. The van der Waals surface area contributed by atoms with Gasteiger partial charge in [-0.1, -0.05) is 458 Å². The van der Waals surface area contributed by atoms with E-state index in [1.165, 1.54) is 334 Å². The molecule has 0 amide bonds. The van der Waals surface area contributed by atoms with Crippen LogP contribution in [-0.2, 0) is 65.4 Å². The number of rotatable bonds is 93. The fourth-order valence-corrected chi connectivity index (χ4v) is 16.3. The smallest absolute Gasteiger partial charge is 0.462 e. The number of esters is 4. The molecule has 3 N–H and O–H groups in total. The molecule has 3 unspecified atom stereocenters. The van der Waals surface area contributed by atoms with E-state index in [0.29, 0.717) is 25.7 Å². The van der Waals surface area contributed by atoms with E-state index in [9.17, 15) is 43.2 Å². The molecule has 0 rings (SSSR count). The van der Waals surface area contributed by atoms with Crippen LogP contribution in [0.2, 0.25) is 0 Å². The summed E-state index contributed by atoms with van der Waals surface area (Å²) in [6.45, 7) is 7.48. The van der Waals surface area contributed by atoms with Crippen LogP contribution in [0.3, 0.4) is 0 Å².